The zero-order valence-electron chi connectivity index (χ0n) is 8.33. The Morgan fingerprint density at radius 2 is 1.91 bits per heavy atom. The first-order chi connectivity index (χ1) is 5.26. The summed E-state index contributed by atoms with van der Waals surface area (Å²) in [6, 6.07) is 0. The minimum Gasteiger partial charge on any atom is -0.391 e. The van der Waals surface area contributed by atoms with Gasteiger partial charge >= 0.3 is 0 Å². The van der Waals surface area contributed by atoms with Crippen molar-refractivity contribution < 1.29 is 0 Å². The van der Waals surface area contributed by atoms with E-state index in [9.17, 15) is 0 Å². The van der Waals surface area contributed by atoms with Gasteiger partial charge in [0.15, 0.2) is 0 Å². The molecule has 1 N–H and O–H groups in total. The van der Waals surface area contributed by atoms with E-state index in [-0.39, 0.29) is 0 Å². The van der Waals surface area contributed by atoms with E-state index in [1.165, 1.54) is 30.5 Å². The zero-order valence-corrected chi connectivity index (χ0v) is 8.33. The molecule has 0 rings (SSSR count). The Bertz CT molecular complexity index is 119. The second kappa shape index (κ2) is 6.26. The van der Waals surface area contributed by atoms with Gasteiger partial charge in [0.2, 0.25) is 0 Å². The van der Waals surface area contributed by atoms with Crippen LogP contribution in [0, 0.1) is 0 Å². The third-order valence-corrected chi connectivity index (χ3v) is 2.08. The highest BCUT2D eigenvalue weighted by atomic mass is 14.8. The lowest BCUT2D eigenvalue weighted by Gasteiger charge is -2.08. The fourth-order valence-electron chi connectivity index (χ4n) is 1.28. The van der Waals surface area contributed by atoms with E-state index in [1.807, 2.05) is 7.05 Å². The van der Waals surface area contributed by atoms with E-state index in [0.717, 1.165) is 6.42 Å². The molecule has 0 atom stereocenters. The molecule has 0 radical (unpaired) electrons. The Balaban J connectivity index is 3.89. The number of unbranched alkanes of at least 4 members (excludes halogenated alkanes) is 1. The molecule has 0 unspecified atom stereocenters. The second-order valence-corrected chi connectivity index (χ2v) is 2.97. The van der Waals surface area contributed by atoms with Crippen LogP contribution >= 0.6 is 0 Å². The van der Waals surface area contributed by atoms with Crippen molar-refractivity contribution in [3.8, 4) is 0 Å². The van der Waals surface area contributed by atoms with Crippen molar-refractivity contribution in [1.29, 1.82) is 0 Å². The molecule has 1 nitrogen and oxygen atoms in total. The van der Waals surface area contributed by atoms with Crippen LogP contribution in [0.3, 0.4) is 0 Å². The number of nitrogens with one attached hydrogen (secondary N) is 1. The van der Waals surface area contributed by atoms with Crippen LogP contribution in [0.2, 0.25) is 0 Å². The fraction of sp³-hybridized carbons (Fsp3) is 0.800. The van der Waals surface area contributed by atoms with Crippen molar-refractivity contribution in [3.05, 3.63) is 11.3 Å². The standard InChI is InChI=1S/C10H21N/c1-5-7-8-9(3)10(6-2)11-4/h11H,5-8H2,1-4H3/b10-9+. The molecule has 0 spiro atoms. The molecule has 0 aromatic rings. The molecule has 0 aromatic carbocycles. The Morgan fingerprint density at radius 1 is 1.27 bits per heavy atom. The van der Waals surface area contributed by atoms with Crippen LogP contribution in [0.5, 0.6) is 0 Å². The molecule has 0 bridgehead atoms. The molecule has 66 valence electrons. The molecule has 0 saturated carbocycles. The molecular formula is C10H21N. The van der Waals surface area contributed by atoms with E-state index < -0.39 is 0 Å². The van der Waals surface area contributed by atoms with Gasteiger partial charge in [0.25, 0.3) is 0 Å². The fourth-order valence-corrected chi connectivity index (χ4v) is 1.28. The number of rotatable bonds is 5. The van der Waals surface area contributed by atoms with Crippen LogP contribution < -0.4 is 5.32 Å². The van der Waals surface area contributed by atoms with Gasteiger partial charge in [-0.15, -0.1) is 0 Å². The first-order valence-corrected chi connectivity index (χ1v) is 4.62. The molecule has 1 heteroatoms. The van der Waals surface area contributed by atoms with Gasteiger partial charge in [0.05, 0.1) is 0 Å². The highest BCUT2D eigenvalue weighted by Gasteiger charge is 1.96. The van der Waals surface area contributed by atoms with E-state index >= 15 is 0 Å². The van der Waals surface area contributed by atoms with Crippen molar-refractivity contribution in [2.24, 2.45) is 0 Å². The number of hydrogen-bond acceptors (Lipinski definition) is 1. The summed E-state index contributed by atoms with van der Waals surface area (Å²) in [7, 11) is 2.01. The Morgan fingerprint density at radius 3 is 2.27 bits per heavy atom. The van der Waals surface area contributed by atoms with Gasteiger partial charge in [-0.05, 0) is 26.2 Å². The maximum Gasteiger partial charge on any atom is 0.00903 e. The summed E-state index contributed by atoms with van der Waals surface area (Å²) in [4.78, 5) is 0. The van der Waals surface area contributed by atoms with Gasteiger partial charge in [0, 0.05) is 12.7 Å². The third-order valence-electron chi connectivity index (χ3n) is 2.08. The largest absolute Gasteiger partial charge is 0.391 e. The van der Waals surface area contributed by atoms with Crippen LogP contribution in [-0.2, 0) is 0 Å². The number of allylic oxidation sites excluding steroid dienone is 2. The van der Waals surface area contributed by atoms with Gasteiger partial charge in [0.1, 0.15) is 0 Å². The molecule has 0 aliphatic carbocycles. The van der Waals surface area contributed by atoms with Crippen LogP contribution in [0.4, 0.5) is 0 Å². The van der Waals surface area contributed by atoms with Crippen LogP contribution in [0.15, 0.2) is 11.3 Å². The maximum absolute atomic E-state index is 3.24. The maximum atomic E-state index is 3.24. The Hall–Kier alpha value is -0.460. The summed E-state index contributed by atoms with van der Waals surface area (Å²) in [6.07, 6.45) is 4.99. The molecular weight excluding hydrogens is 134 g/mol. The molecule has 0 aliphatic rings. The van der Waals surface area contributed by atoms with E-state index in [2.05, 4.69) is 26.1 Å². The van der Waals surface area contributed by atoms with Crippen LogP contribution in [0.25, 0.3) is 0 Å². The SMILES string of the molecule is CCCC/C(C)=C(\CC)NC. The molecule has 0 fully saturated rings. The molecule has 0 aromatic heterocycles. The summed E-state index contributed by atoms with van der Waals surface area (Å²) in [6.45, 7) is 6.66. The van der Waals surface area contributed by atoms with Crippen LogP contribution in [0.1, 0.15) is 46.5 Å². The normalized spacial score (nSPS) is 12.7. The first-order valence-electron chi connectivity index (χ1n) is 4.62. The average Bonchev–Trinajstić information content (AvgIpc) is 2.03. The summed E-state index contributed by atoms with van der Waals surface area (Å²) in [5.74, 6) is 0. The van der Waals surface area contributed by atoms with E-state index in [0.29, 0.717) is 0 Å². The smallest absolute Gasteiger partial charge is 0.00903 e. The molecule has 11 heavy (non-hydrogen) atoms. The lowest BCUT2D eigenvalue weighted by atomic mass is 10.1. The van der Waals surface area contributed by atoms with Gasteiger partial charge in [-0.2, -0.15) is 0 Å². The first kappa shape index (κ1) is 10.5. The summed E-state index contributed by atoms with van der Waals surface area (Å²) >= 11 is 0. The quantitative estimate of drug-likeness (QED) is 0.643. The molecule has 0 heterocycles. The molecule has 0 amide bonds. The lowest BCUT2D eigenvalue weighted by molar-refractivity contribution is 0.756. The van der Waals surface area contributed by atoms with Gasteiger partial charge in [-0.3, -0.25) is 0 Å². The highest BCUT2D eigenvalue weighted by molar-refractivity contribution is 5.09. The third kappa shape index (κ3) is 4.07. The highest BCUT2D eigenvalue weighted by Crippen LogP contribution is 2.11. The van der Waals surface area contributed by atoms with E-state index in [4.69, 9.17) is 0 Å². The summed E-state index contributed by atoms with van der Waals surface area (Å²) < 4.78 is 0. The van der Waals surface area contributed by atoms with Crippen molar-refractivity contribution in [1.82, 2.24) is 5.32 Å². The van der Waals surface area contributed by atoms with Crippen LogP contribution in [-0.4, -0.2) is 7.05 Å². The minimum absolute atomic E-state index is 1.13. The van der Waals surface area contributed by atoms with Gasteiger partial charge in [-0.1, -0.05) is 25.8 Å². The molecule has 0 saturated heterocycles. The predicted octanol–water partition coefficient (Wildman–Crippen LogP) is 3.08. The second-order valence-electron chi connectivity index (χ2n) is 2.97. The number of hydrogen-bond donors (Lipinski definition) is 1. The summed E-state index contributed by atoms with van der Waals surface area (Å²) in [5, 5.41) is 3.24. The summed E-state index contributed by atoms with van der Waals surface area (Å²) in [5.41, 5.74) is 2.94. The topological polar surface area (TPSA) is 12.0 Å². The van der Waals surface area contributed by atoms with Crippen molar-refractivity contribution in [2.75, 3.05) is 7.05 Å². The predicted molar refractivity (Wildman–Crippen MR) is 51.6 cm³/mol. The van der Waals surface area contributed by atoms with Gasteiger partial charge < -0.3 is 5.32 Å². The lowest BCUT2D eigenvalue weighted by Crippen LogP contribution is -2.07. The average molecular weight is 155 g/mol. The van der Waals surface area contributed by atoms with Gasteiger partial charge in [-0.25, -0.2) is 0 Å². The minimum atomic E-state index is 1.13. The van der Waals surface area contributed by atoms with E-state index in [1.54, 1.807) is 0 Å². The van der Waals surface area contributed by atoms with Crippen molar-refractivity contribution >= 4 is 0 Å². The van der Waals surface area contributed by atoms with Crippen molar-refractivity contribution in [3.63, 3.8) is 0 Å². The Kier molecular flexibility index (Phi) is 6.00. The monoisotopic (exact) mass is 155 g/mol. The van der Waals surface area contributed by atoms with Crippen molar-refractivity contribution in [2.45, 2.75) is 46.5 Å². The Labute approximate surface area is 70.9 Å². The molecule has 0 aliphatic heterocycles. The zero-order chi connectivity index (χ0) is 8.69.